The molecule has 2 aromatic rings. The van der Waals surface area contributed by atoms with Crippen LogP contribution >= 0.6 is 0 Å². The van der Waals surface area contributed by atoms with Crippen LogP contribution in [0.25, 0.3) is 11.2 Å². The normalized spacial score (nSPS) is 22.5. The molecule has 0 bridgehead atoms. The van der Waals surface area contributed by atoms with Crippen molar-refractivity contribution in [3.05, 3.63) is 30.2 Å². The van der Waals surface area contributed by atoms with E-state index in [1.165, 1.54) is 0 Å². The largest absolute Gasteiger partial charge is 0.465 e. The molecule has 2 aliphatic rings. The Bertz CT molecular complexity index is 1170. The molecule has 2 aromatic heterocycles. The number of hydrogen-bond donors (Lipinski definition) is 2. The van der Waals surface area contributed by atoms with Crippen molar-refractivity contribution in [1.29, 1.82) is 0 Å². The number of imidazole rings is 1. The van der Waals surface area contributed by atoms with Crippen molar-refractivity contribution in [3.63, 3.8) is 0 Å². The molecule has 4 heterocycles. The summed E-state index contributed by atoms with van der Waals surface area (Å²) in [5.41, 5.74) is 3.69. The number of nitrogens with one attached hydrogen (secondary N) is 1. The Morgan fingerprint density at radius 3 is 2.63 bits per heavy atom. The number of aromatic nitrogens is 3. The first-order valence-corrected chi connectivity index (χ1v) is 13.8. The van der Waals surface area contributed by atoms with Crippen molar-refractivity contribution in [2.24, 2.45) is 5.92 Å². The van der Waals surface area contributed by atoms with Gasteiger partial charge in [0.15, 0.2) is 5.65 Å². The van der Waals surface area contributed by atoms with Crippen LogP contribution in [0.5, 0.6) is 0 Å². The van der Waals surface area contributed by atoms with Crippen molar-refractivity contribution in [3.8, 4) is 0 Å². The number of anilines is 1. The van der Waals surface area contributed by atoms with E-state index < -0.39 is 6.09 Å². The number of nitrogens with zero attached hydrogens (tertiary/aromatic N) is 6. The molecule has 0 saturated carbocycles. The highest BCUT2D eigenvalue weighted by Gasteiger charge is 2.40. The molecule has 10 nitrogen and oxygen atoms in total. The van der Waals surface area contributed by atoms with Gasteiger partial charge in [0.05, 0.1) is 12.0 Å². The van der Waals surface area contributed by atoms with Gasteiger partial charge in [-0.2, -0.15) is 0 Å². The van der Waals surface area contributed by atoms with Crippen LogP contribution in [-0.2, 0) is 4.79 Å². The summed E-state index contributed by atoms with van der Waals surface area (Å²) in [7, 11) is 3.93. The molecule has 0 aliphatic carbocycles. The lowest BCUT2D eigenvalue weighted by Crippen LogP contribution is -2.52. The van der Waals surface area contributed by atoms with Gasteiger partial charge in [0.2, 0.25) is 5.91 Å². The van der Waals surface area contributed by atoms with Gasteiger partial charge in [0.25, 0.3) is 0 Å². The van der Waals surface area contributed by atoms with E-state index in [-0.39, 0.29) is 35.9 Å². The van der Waals surface area contributed by atoms with Crippen molar-refractivity contribution in [2.45, 2.75) is 71.0 Å². The molecular formula is C28H43N7O3. The minimum Gasteiger partial charge on any atom is -0.465 e. The van der Waals surface area contributed by atoms with E-state index in [9.17, 15) is 14.7 Å². The molecule has 2 fully saturated rings. The lowest BCUT2D eigenvalue weighted by Gasteiger charge is -2.41. The average Bonchev–Trinajstić information content (AvgIpc) is 3.51. The van der Waals surface area contributed by atoms with Crippen molar-refractivity contribution < 1.29 is 14.7 Å². The maximum absolute atomic E-state index is 12.7. The first-order valence-electron chi connectivity index (χ1n) is 13.8. The minimum atomic E-state index is -0.881. The molecule has 4 rings (SSSR count). The number of amides is 2. The molecule has 10 heteroatoms. The summed E-state index contributed by atoms with van der Waals surface area (Å²) in [4.78, 5) is 39.9. The van der Waals surface area contributed by atoms with Crippen LogP contribution < -0.4 is 5.32 Å². The highest BCUT2D eigenvalue weighted by Crippen LogP contribution is 2.33. The number of fused-ring (bicyclic) bond motifs is 1. The molecule has 2 aliphatic heterocycles. The van der Waals surface area contributed by atoms with Gasteiger partial charge >= 0.3 is 6.09 Å². The molecule has 38 heavy (non-hydrogen) atoms. The van der Waals surface area contributed by atoms with E-state index >= 15 is 0 Å². The highest BCUT2D eigenvalue weighted by atomic mass is 16.4. The van der Waals surface area contributed by atoms with Crippen molar-refractivity contribution >= 4 is 28.9 Å². The standard InChI is InChI=1S/C28H43N7O3/c1-18(2)22-15-23(26-27(31-22)35(17-29-26)19(3)4)30-21-10-13-34(28(37)38)24(14-21)20-9-12-33(16-20)25(36)8-7-11-32(5)6/h7-8,15,17-21,24H,9-14,16H2,1-6H3,(H,30,31)(H,37,38)/b8-7+. The Labute approximate surface area is 225 Å². The average molecular weight is 526 g/mol. The molecule has 3 atom stereocenters. The first-order chi connectivity index (χ1) is 18.0. The maximum atomic E-state index is 12.7. The second-order valence-electron chi connectivity index (χ2n) is 11.6. The zero-order valence-corrected chi connectivity index (χ0v) is 23.6. The number of carbonyl (C=O) groups excluding carboxylic acids is 1. The van der Waals surface area contributed by atoms with Crippen LogP contribution in [0.3, 0.4) is 0 Å². The highest BCUT2D eigenvalue weighted by molar-refractivity contribution is 5.88. The molecule has 2 saturated heterocycles. The van der Waals surface area contributed by atoms with E-state index in [4.69, 9.17) is 4.98 Å². The third-order valence-corrected chi connectivity index (χ3v) is 7.76. The van der Waals surface area contributed by atoms with Crippen molar-refractivity contribution in [1.82, 2.24) is 29.2 Å². The molecular weight excluding hydrogens is 482 g/mol. The Kier molecular flexibility index (Phi) is 8.60. The van der Waals surface area contributed by atoms with E-state index in [2.05, 4.69) is 48.6 Å². The number of carbonyl (C=O) groups is 2. The van der Waals surface area contributed by atoms with E-state index in [1.54, 1.807) is 11.0 Å². The zero-order valence-electron chi connectivity index (χ0n) is 23.6. The maximum Gasteiger partial charge on any atom is 0.407 e. The summed E-state index contributed by atoms with van der Waals surface area (Å²) in [6, 6.07) is 2.31. The summed E-state index contributed by atoms with van der Waals surface area (Å²) in [5, 5.41) is 13.7. The SMILES string of the molecule is CC(C)c1cc(NC2CCN(C(=O)O)C(C3CCN(C(=O)/C=C/CN(C)C)C3)C2)c2ncn(C(C)C)c2n1. The fourth-order valence-electron chi connectivity index (χ4n) is 5.61. The van der Waals surface area contributed by atoms with Gasteiger partial charge in [-0.1, -0.05) is 19.9 Å². The second kappa shape index (κ2) is 11.7. The summed E-state index contributed by atoms with van der Waals surface area (Å²) in [5.74, 6) is 0.388. The predicted molar refractivity (Wildman–Crippen MR) is 150 cm³/mol. The number of piperidine rings is 1. The number of likely N-dealkylation sites (tertiary alicyclic amines) is 2. The second-order valence-corrected chi connectivity index (χ2v) is 11.6. The van der Waals surface area contributed by atoms with Crippen molar-refractivity contribution in [2.75, 3.05) is 45.6 Å². The van der Waals surface area contributed by atoms with Crippen LogP contribution in [0.4, 0.5) is 10.5 Å². The minimum absolute atomic E-state index is 0.00263. The van der Waals surface area contributed by atoms with Gasteiger partial charge in [0, 0.05) is 56.1 Å². The third-order valence-electron chi connectivity index (χ3n) is 7.76. The number of rotatable bonds is 8. The Hall–Kier alpha value is -3.14. The first kappa shape index (κ1) is 27.9. The number of likely N-dealkylation sites (N-methyl/N-ethyl adjacent to an activating group) is 1. The monoisotopic (exact) mass is 525 g/mol. The Morgan fingerprint density at radius 1 is 1.21 bits per heavy atom. The van der Waals surface area contributed by atoms with E-state index in [0.717, 1.165) is 35.4 Å². The summed E-state index contributed by atoms with van der Waals surface area (Å²) in [6.07, 6.45) is 6.71. The third kappa shape index (κ3) is 6.11. The number of pyridine rings is 1. The molecule has 0 spiro atoms. The fourth-order valence-corrected chi connectivity index (χ4v) is 5.61. The Morgan fingerprint density at radius 2 is 1.97 bits per heavy atom. The van der Waals surface area contributed by atoms with E-state index in [1.807, 2.05) is 36.3 Å². The number of carboxylic acid groups (broad SMARTS) is 1. The lowest BCUT2D eigenvalue weighted by molar-refractivity contribution is -0.125. The topological polar surface area (TPSA) is 107 Å². The van der Waals surface area contributed by atoms with Gasteiger partial charge in [-0.25, -0.2) is 14.8 Å². The van der Waals surface area contributed by atoms with E-state index in [0.29, 0.717) is 32.6 Å². The van der Waals surface area contributed by atoms with Gasteiger partial charge in [0.1, 0.15) is 5.52 Å². The quantitative estimate of drug-likeness (QED) is 0.501. The summed E-state index contributed by atoms with van der Waals surface area (Å²) >= 11 is 0. The van der Waals surface area contributed by atoms with Gasteiger partial charge in [-0.05, 0) is 65.1 Å². The lowest BCUT2D eigenvalue weighted by atomic mass is 9.87. The smallest absolute Gasteiger partial charge is 0.407 e. The molecule has 2 amide bonds. The van der Waals surface area contributed by atoms with Crippen LogP contribution in [0.1, 0.15) is 64.6 Å². The fraction of sp³-hybridized carbons (Fsp3) is 0.643. The molecule has 0 radical (unpaired) electrons. The molecule has 2 N–H and O–H groups in total. The van der Waals surface area contributed by atoms with Gasteiger partial charge in [-0.15, -0.1) is 0 Å². The van der Waals surface area contributed by atoms with Crippen LogP contribution in [0, 0.1) is 5.92 Å². The zero-order chi connectivity index (χ0) is 27.6. The van der Waals surface area contributed by atoms with Gasteiger partial charge in [-0.3, -0.25) is 4.79 Å². The summed E-state index contributed by atoms with van der Waals surface area (Å²) < 4.78 is 2.10. The molecule has 208 valence electrons. The Balaban J connectivity index is 1.52. The van der Waals surface area contributed by atoms with Crippen LogP contribution in [0.15, 0.2) is 24.5 Å². The van der Waals surface area contributed by atoms with Crippen LogP contribution in [-0.4, -0.2) is 98.7 Å². The number of hydrogen-bond acceptors (Lipinski definition) is 6. The molecule has 0 aromatic carbocycles. The molecule has 3 unspecified atom stereocenters. The van der Waals surface area contributed by atoms with Crippen LogP contribution in [0.2, 0.25) is 0 Å². The summed E-state index contributed by atoms with van der Waals surface area (Å²) in [6.45, 7) is 10.9. The van der Waals surface area contributed by atoms with Gasteiger partial charge < -0.3 is 29.7 Å². The predicted octanol–water partition coefficient (Wildman–Crippen LogP) is 4.02.